The summed E-state index contributed by atoms with van der Waals surface area (Å²) in [4.78, 5) is 14.4. The van der Waals surface area contributed by atoms with Crippen LogP contribution < -0.4 is 15.5 Å². The predicted octanol–water partition coefficient (Wildman–Crippen LogP) is 3.45. The Morgan fingerprint density at radius 2 is 1.93 bits per heavy atom. The molecule has 3 N–H and O–H groups in total. The fraction of sp³-hybridized carbons (Fsp3) is 0.469. The first kappa shape index (κ1) is 27.3. The van der Waals surface area contributed by atoms with E-state index < -0.39 is 0 Å². The summed E-state index contributed by atoms with van der Waals surface area (Å²) in [5.41, 5.74) is 10.4. The molecule has 2 aromatic heterocycles. The fourth-order valence-corrected chi connectivity index (χ4v) is 6.59. The normalized spacial score (nSPS) is 21.0. The summed E-state index contributed by atoms with van der Waals surface area (Å²) in [6.45, 7) is 10.2. The molecule has 0 aliphatic carbocycles. The van der Waals surface area contributed by atoms with E-state index in [4.69, 9.17) is 5.73 Å². The van der Waals surface area contributed by atoms with Crippen LogP contribution in [0.15, 0.2) is 48.7 Å². The van der Waals surface area contributed by atoms with Crippen molar-refractivity contribution in [1.29, 1.82) is 0 Å². The van der Waals surface area contributed by atoms with Crippen LogP contribution >= 0.6 is 0 Å². The fourth-order valence-electron chi connectivity index (χ4n) is 6.59. The molecule has 1 aromatic carbocycles. The van der Waals surface area contributed by atoms with Gasteiger partial charge in [0.05, 0.1) is 17.9 Å². The quantitative estimate of drug-likeness (QED) is 0.427. The van der Waals surface area contributed by atoms with Gasteiger partial charge in [-0.1, -0.05) is 18.1 Å². The third kappa shape index (κ3) is 6.09. The number of aromatic nitrogens is 3. The Hall–Kier alpha value is -3.87. The molecule has 6 rings (SSSR count). The maximum Gasteiger partial charge on any atom is 0.169 e. The molecular weight excluding hydrogens is 512 g/mol. The van der Waals surface area contributed by atoms with Gasteiger partial charge in [0.1, 0.15) is 11.4 Å². The van der Waals surface area contributed by atoms with E-state index >= 15 is 0 Å². The topological polar surface area (TPSA) is 97.9 Å². The summed E-state index contributed by atoms with van der Waals surface area (Å²) in [6, 6.07) is 14.4. The smallest absolute Gasteiger partial charge is 0.169 e. The first-order valence-electron chi connectivity index (χ1n) is 14.9. The Balaban J connectivity index is 1.14. The third-order valence-electron chi connectivity index (χ3n) is 8.78. The van der Waals surface area contributed by atoms with Gasteiger partial charge in [-0.3, -0.25) is 9.80 Å². The summed E-state index contributed by atoms with van der Waals surface area (Å²) in [5, 5.41) is 18.8. The molecule has 9 nitrogen and oxygen atoms in total. The van der Waals surface area contributed by atoms with Gasteiger partial charge in [0.15, 0.2) is 5.82 Å². The van der Waals surface area contributed by atoms with Gasteiger partial charge in [-0.15, -0.1) is 10.2 Å². The lowest BCUT2D eigenvalue weighted by Crippen LogP contribution is -2.50. The SMILES string of the molecule is CCN(CC1CCCN1c1ccnc(C#CCN2CCN3CCCC3C2)c1)c1cc(-c2ccccc2O)nnc1N. The molecule has 0 amide bonds. The molecule has 3 aliphatic rings. The number of hydrogen-bond acceptors (Lipinski definition) is 9. The number of rotatable bonds is 7. The van der Waals surface area contributed by atoms with E-state index in [-0.39, 0.29) is 5.75 Å². The number of phenols is 1. The summed E-state index contributed by atoms with van der Waals surface area (Å²) in [5.74, 6) is 7.30. The van der Waals surface area contributed by atoms with Crippen LogP contribution in [0.25, 0.3) is 11.3 Å². The average Bonchev–Trinajstić information content (AvgIpc) is 3.66. The number of likely N-dealkylation sites (N-methyl/N-ethyl adjacent to an activating group) is 1. The van der Waals surface area contributed by atoms with E-state index in [0.717, 1.165) is 75.2 Å². The van der Waals surface area contributed by atoms with Crippen LogP contribution in [0.2, 0.25) is 0 Å². The maximum atomic E-state index is 10.3. The standard InChI is InChI=1S/C32H40N8O/c1-2-38(30-21-29(35-36-32(30)33)28-11-3-4-12-31(28)41)23-27-10-7-17-40(27)25-13-14-34-24(20-25)8-5-15-37-18-19-39-16-6-9-26(39)22-37/h3-4,11-14,20-21,26-27,41H,2,6-7,9-10,15-19,22-23H2,1H3,(H2,33,36). The number of phenolic OH excluding ortho intramolecular Hbond substituents is 1. The zero-order chi connectivity index (χ0) is 28.2. The van der Waals surface area contributed by atoms with Gasteiger partial charge in [0.2, 0.25) is 0 Å². The van der Waals surface area contributed by atoms with E-state index in [2.05, 4.69) is 65.7 Å². The first-order valence-corrected chi connectivity index (χ1v) is 14.9. The highest BCUT2D eigenvalue weighted by molar-refractivity contribution is 5.74. The van der Waals surface area contributed by atoms with Crippen molar-refractivity contribution in [1.82, 2.24) is 25.0 Å². The Kier molecular flexibility index (Phi) is 8.21. The molecule has 214 valence electrons. The summed E-state index contributed by atoms with van der Waals surface area (Å²) in [7, 11) is 0. The molecule has 41 heavy (non-hydrogen) atoms. The Labute approximate surface area is 243 Å². The number of nitrogen functional groups attached to an aromatic ring is 1. The second kappa shape index (κ2) is 12.3. The monoisotopic (exact) mass is 552 g/mol. The van der Waals surface area contributed by atoms with Crippen molar-refractivity contribution in [3.63, 3.8) is 0 Å². The minimum atomic E-state index is 0.176. The molecule has 3 fully saturated rings. The minimum Gasteiger partial charge on any atom is -0.507 e. The van der Waals surface area contributed by atoms with Crippen molar-refractivity contribution in [2.75, 3.05) is 67.9 Å². The molecule has 0 saturated carbocycles. The molecule has 3 saturated heterocycles. The number of para-hydroxylation sites is 1. The third-order valence-corrected chi connectivity index (χ3v) is 8.78. The number of anilines is 3. The van der Waals surface area contributed by atoms with E-state index in [1.54, 1.807) is 12.1 Å². The van der Waals surface area contributed by atoms with Crippen LogP contribution in [0.5, 0.6) is 5.75 Å². The van der Waals surface area contributed by atoms with Crippen LogP contribution in [-0.4, -0.2) is 94.5 Å². The molecule has 3 aromatic rings. The van der Waals surface area contributed by atoms with Crippen LogP contribution in [-0.2, 0) is 0 Å². The van der Waals surface area contributed by atoms with E-state index in [1.165, 1.54) is 25.9 Å². The maximum absolute atomic E-state index is 10.3. The van der Waals surface area contributed by atoms with Crippen LogP contribution in [0.4, 0.5) is 17.2 Å². The highest BCUT2D eigenvalue weighted by Gasteiger charge is 2.30. The summed E-state index contributed by atoms with van der Waals surface area (Å²) in [6.07, 6.45) is 6.76. The lowest BCUT2D eigenvalue weighted by molar-refractivity contribution is 0.115. The lowest BCUT2D eigenvalue weighted by Gasteiger charge is -2.36. The number of piperazine rings is 1. The first-order chi connectivity index (χ1) is 20.1. The second-order valence-electron chi connectivity index (χ2n) is 11.3. The average molecular weight is 553 g/mol. The number of benzene rings is 1. The number of pyridine rings is 1. The van der Waals surface area contributed by atoms with Crippen LogP contribution in [0.3, 0.4) is 0 Å². The van der Waals surface area contributed by atoms with Gasteiger partial charge in [0.25, 0.3) is 0 Å². The molecule has 5 heterocycles. The lowest BCUT2D eigenvalue weighted by atomic mass is 10.1. The Morgan fingerprint density at radius 3 is 2.80 bits per heavy atom. The van der Waals surface area contributed by atoms with Crippen molar-refractivity contribution in [2.45, 2.75) is 44.7 Å². The summed E-state index contributed by atoms with van der Waals surface area (Å²) >= 11 is 0. The number of hydrogen-bond donors (Lipinski definition) is 2. The largest absolute Gasteiger partial charge is 0.507 e. The van der Waals surface area contributed by atoms with Crippen LogP contribution in [0.1, 0.15) is 38.3 Å². The van der Waals surface area contributed by atoms with Crippen molar-refractivity contribution in [3.05, 3.63) is 54.4 Å². The van der Waals surface area contributed by atoms with Gasteiger partial charge in [-0.2, -0.15) is 0 Å². The van der Waals surface area contributed by atoms with Crippen molar-refractivity contribution in [2.24, 2.45) is 0 Å². The number of nitrogens with two attached hydrogens (primary N) is 1. The van der Waals surface area contributed by atoms with Gasteiger partial charge in [0, 0.05) is 68.8 Å². The summed E-state index contributed by atoms with van der Waals surface area (Å²) < 4.78 is 0. The second-order valence-corrected chi connectivity index (χ2v) is 11.3. The highest BCUT2D eigenvalue weighted by atomic mass is 16.3. The van der Waals surface area contributed by atoms with E-state index in [1.807, 2.05) is 24.4 Å². The van der Waals surface area contributed by atoms with Crippen molar-refractivity contribution >= 4 is 17.2 Å². The molecule has 0 spiro atoms. The van der Waals surface area contributed by atoms with E-state index in [0.29, 0.717) is 23.1 Å². The van der Waals surface area contributed by atoms with Crippen molar-refractivity contribution < 1.29 is 5.11 Å². The van der Waals surface area contributed by atoms with Gasteiger partial charge in [-0.25, -0.2) is 4.98 Å². The molecule has 3 aliphatic heterocycles. The van der Waals surface area contributed by atoms with Gasteiger partial charge < -0.3 is 20.6 Å². The Morgan fingerprint density at radius 1 is 1.05 bits per heavy atom. The van der Waals surface area contributed by atoms with Gasteiger partial charge in [-0.05, 0) is 75.4 Å². The zero-order valence-electron chi connectivity index (χ0n) is 23.9. The predicted molar refractivity (Wildman–Crippen MR) is 164 cm³/mol. The Bertz CT molecular complexity index is 1420. The van der Waals surface area contributed by atoms with Crippen LogP contribution in [0, 0.1) is 11.8 Å². The molecule has 2 atom stereocenters. The zero-order valence-corrected chi connectivity index (χ0v) is 23.9. The number of fused-ring (bicyclic) bond motifs is 1. The number of nitrogens with zero attached hydrogens (tertiary/aromatic N) is 7. The highest BCUT2D eigenvalue weighted by Crippen LogP contribution is 2.33. The molecular formula is C32H40N8O. The molecule has 0 bridgehead atoms. The van der Waals surface area contributed by atoms with Gasteiger partial charge >= 0.3 is 0 Å². The molecule has 0 radical (unpaired) electrons. The number of aromatic hydroxyl groups is 1. The molecule has 9 heteroatoms. The van der Waals surface area contributed by atoms with Crippen molar-refractivity contribution in [3.8, 4) is 28.8 Å². The van der Waals surface area contributed by atoms with E-state index in [9.17, 15) is 5.11 Å². The molecule has 2 unspecified atom stereocenters. The minimum absolute atomic E-state index is 0.176.